The van der Waals surface area contributed by atoms with Crippen molar-refractivity contribution in [3.05, 3.63) is 23.8 Å². The molecule has 17 heavy (non-hydrogen) atoms. The zero-order chi connectivity index (χ0) is 12.3. The van der Waals surface area contributed by atoms with Crippen molar-refractivity contribution in [3.63, 3.8) is 0 Å². The van der Waals surface area contributed by atoms with Crippen LogP contribution >= 0.6 is 0 Å². The maximum atomic E-state index is 11.8. The molecule has 1 heterocycles. The molecule has 2 rings (SSSR count). The molecule has 1 saturated heterocycles. The van der Waals surface area contributed by atoms with E-state index in [0.717, 1.165) is 36.3 Å². The van der Waals surface area contributed by atoms with Crippen LogP contribution < -0.4 is 10.2 Å². The third kappa shape index (κ3) is 2.46. The van der Waals surface area contributed by atoms with Crippen LogP contribution in [0.25, 0.3) is 0 Å². The Morgan fingerprint density at radius 1 is 1.35 bits per heavy atom. The van der Waals surface area contributed by atoms with Crippen LogP contribution in [0.4, 0.5) is 11.4 Å². The monoisotopic (exact) mass is 232 g/mol. The zero-order valence-electron chi connectivity index (χ0n) is 9.90. The summed E-state index contributed by atoms with van der Waals surface area (Å²) in [6, 6.07) is 5.59. The van der Waals surface area contributed by atoms with Crippen LogP contribution in [0.2, 0.25) is 0 Å². The molecule has 0 radical (unpaired) electrons. The van der Waals surface area contributed by atoms with Gasteiger partial charge in [-0.1, -0.05) is 0 Å². The molecule has 0 aromatic heterocycles. The molecule has 2 amide bonds. The second-order valence-electron chi connectivity index (χ2n) is 4.27. The largest absolute Gasteiger partial charge is 0.329 e. The minimum atomic E-state index is 0.190. The van der Waals surface area contributed by atoms with Gasteiger partial charge in [0.05, 0.1) is 0 Å². The molecule has 1 N–H and O–H groups in total. The number of carbonyl (C=O) groups excluding carboxylic acids is 2. The highest BCUT2D eigenvalue weighted by Gasteiger charge is 2.20. The van der Waals surface area contributed by atoms with Gasteiger partial charge in [-0.05, 0) is 43.5 Å². The number of carbonyl (C=O) groups is 2. The summed E-state index contributed by atoms with van der Waals surface area (Å²) < 4.78 is 0. The predicted octanol–water partition coefficient (Wildman–Crippen LogP) is 2.08. The van der Waals surface area contributed by atoms with E-state index in [-0.39, 0.29) is 5.91 Å². The summed E-state index contributed by atoms with van der Waals surface area (Å²) in [7, 11) is 0. The topological polar surface area (TPSA) is 49.4 Å². The maximum absolute atomic E-state index is 11.8. The fraction of sp³-hybridized carbons (Fsp3) is 0.385. The summed E-state index contributed by atoms with van der Waals surface area (Å²) in [6.07, 6.45) is 3.33. The Kier molecular flexibility index (Phi) is 3.42. The van der Waals surface area contributed by atoms with Crippen LogP contribution in [0, 0.1) is 6.92 Å². The molecule has 1 fully saturated rings. The molecule has 90 valence electrons. The highest BCUT2D eigenvalue weighted by molar-refractivity contribution is 5.95. The fourth-order valence-corrected chi connectivity index (χ4v) is 2.18. The molecule has 0 atom stereocenters. The number of hydrogen-bond acceptors (Lipinski definition) is 2. The minimum Gasteiger partial charge on any atom is -0.329 e. The molecule has 0 unspecified atom stereocenters. The Hall–Kier alpha value is -1.84. The molecule has 1 aromatic carbocycles. The normalized spacial score (nSPS) is 15.8. The lowest BCUT2D eigenvalue weighted by molar-refractivity contribution is -0.119. The highest BCUT2D eigenvalue weighted by atomic mass is 16.2. The first kappa shape index (κ1) is 11.6. The number of aryl methyl sites for hydroxylation is 1. The standard InChI is InChI=1S/C13H16N2O2/c1-10-8-11(14-9-16)5-6-12(10)15-7-3-2-4-13(15)17/h5-6,8-9H,2-4,7H2,1H3,(H,14,16). The van der Waals surface area contributed by atoms with Crippen LogP contribution in [0.1, 0.15) is 24.8 Å². The number of amides is 2. The number of hydrogen-bond donors (Lipinski definition) is 1. The van der Waals surface area contributed by atoms with Gasteiger partial charge in [-0.15, -0.1) is 0 Å². The first-order valence-corrected chi connectivity index (χ1v) is 5.83. The van der Waals surface area contributed by atoms with Gasteiger partial charge in [0, 0.05) is 24.3 Å². The number of benzene rings is 1. The van der Waals surface area contributed by atoms with Crippen molar-refractivity contribution in [1.29, 1.82) is 0 Å². The first-order chi connectivity index (χ1) is 8.22. The van der Waals surface area contributed by atoms with Crippen molar-refractivity contribution in [2.24, 2.45) is 0 Å². The number of nitrogens with one attached hydrogen (secondary N) is 1. The smallest absolute Gasteiger partial charge is 0.226 e. The molecule has 0 bridgehead atoms. The maximum Gasteiger partial charge on any atom is 0.226 e. The van der Waals surface area contributed by atoms with E-state index in [1.165, 1.54) is 0 Å². The van der Waals surface area contributed by atoms with Crippen molar-refractivity contribution in [3.8, 4) is 0 Å². The molecule has 1 aromatic rings. The fourth-order valence-electron chi connectivity index (χ4n) is 2.18. The van der Waals surface area contributed by atoms with E-state index in [2.05, 4.69) is 5.32 Å². The quantitative estimate of drug-likeness (QED) is 0.811. The van der Waals surface area contributed by atoms with E-state index >= 15 is 0 Å². The van der Waals surface area contributed by atoms with Crippen LogP contribution in [0.3, 0.4) is 0 Å². The van der Waals surface area contributed by atoms with E-state index in [9.17, 15) is 9.59 Å². The zero-order valence-corrected chi connectivity index (χ0v) is 9.90. The van der Waals surface area contributed by atoms with Gasteiger partial charge in [0.15, 0.2) is 0 Å². The van der Waals surface area contributed by atoms with Crippen molar-refractivity contribution in [1.82, 2.24) is 0 Å². The number of piperidine rings is 1. The van der Waals surface area contributed by atoms with Gasteiger partial charge < -0.3 is 10.2 Å². The summed E-state index contributed by atoms with van der Waals surface area (Å²) in [5.74, 6) is 0.190. The van der Waals surface area contributed by atoms with Crippen LogP contribution in [-0.2, 0) is 9.59 Å². The summed E-state index contributed by atoms with van der Waals surface area (Å²) in [5, 5.41) is 2.61. The van der Waals surface area contributed by atoms with Crippen LogP contribution in [-0.4, -0.2) is 18.9 Å². The second-order valence-corrected chi connectivity index (χ2v) is 4.27. The Bertz CT molecular complexity index is 443. The van der Waals surface area contributed by atoms with E-state index in [0.29, 0.717) is 12.8 Å². The lowest BCUT2D eigenvalue weighted by Crippen LogP contribution is -2.35. The number of rotatable bonds is 3. The van der Waals surface area contributed by atoms with Gasteiger partial charge in [-0.25, -0.2) is 0 Å². The molecule has 0 spiro atoms. The Labute approximate surface area is 101 Å². The van der Waals surface area contributed by atoms with E-state index in [1.54, 1.807) is 0 Å². The summed E-state index contributed by atoms with van der Waals surface area (Å²) in [5.41, 5.74) is 2.71. The molecule has 4 heteroatoms. The van der Waals surface area contributed by atoms with Crippen LogP contribution in [0.5, 0.6) is 0 Å². The van der Waals surface area contributed by atoms with Gasteiger partial charge >= 0.3 is 0 Å². The summed E-state index contributed by atoms with van der Waals surface area (Å²) in [4.78, 5) is 24.0. The van der Waals surface area contributed by atoms with Crippen LogP contribution in [0.15, 0.2) is 18.2 Å². The molecule has 1 aliphatic heterocycles. The number of anilines is 2. The molecule has 0 aliphatic carbocycles. The third-order valence-electron chi connectivity index (χ3n) is 3.04. The van der Waals surface area contributed by atoms with Gasteiger partial charge in [-0.3, -0.25) is 9.59 Å². The van der Waals surface area contributed by atoms with Crippen molar-refractivity contribution >= 4 is 23.7 Å². The molecular formula is C13H16N2O2. The van der Waals surface area contributed by atoms with Gasteiger partial charge in [0.1, 0.15) is 0 Å². The average molecular weight is 232 g/mol. The SMILES string of the molecule is Cc1cc(NC=O)ccc1N1CCCCC1=O. The average Bonchev–Trinajstić information content (AvgIpc) is 2.31. The van der Waals surface area contributed by atoms with Gasteiger partial charge in [0.2, 0.25) is 12.3 Å². The minimum absolute atomic E-state index is 0.190. The summed E-state index contributed by atoms with van der Waals surface area (Å²) >= 11 is 0. The highest BCUT2D eigenvalue weighted by Crippen LogP contribution is 2.26. The Morgan fingerprint density at radius 2 is 2.18 bits per heavy atom. The molecule has 0 saturated carbocycles. The lowest BCUT2D eigenvalue weighted by atomic mass is 10.1. The van der Waals surface area contributed by atoms with Gasteiger partial charge in [-0.2, -0.15) is 0 Å². The predicted molar refractivity (Wildman–Crippen MR) is 67.1 cm³/mol. The van der Waals surface area contributed by atoms with Crippen molar-refractivity contribution in [2.45, 2.75) is 26.2 Å². The Morgan fingerprint density at radius 3 is 2.82 bits per heavy atom. The van der Waals surface area contributed by atoms with E-state index < -0.39 is 0 Å². The molecular weight excluding hydrogens is 216 g/mol. The van der Waals surface area contributed by atoms with E-state index in [4.69, 9.17) is 0 Å². The Balaban J connectivity index is 2.26. The van der Waals surface area contributed by atoms with E-state index in [1.807, 2.05) is 30.0 Å². The number of nitrogens with zero attached hydrogens (tertiary/aromatic N) is 1. The van der Waals surface area contributed by atoms with Gasteiger partial charge in [0.25, 0.3) is 0 Å². The second kappa shape index (κ2) is 4.99. The van der Waals surface area contributed by atoms with Crippen molar-refractivity contribution in [2.75, 3.05) is 16.8 Å². The lowest BCUT2D eigenvalue weighted by Gasteiger charge is -2.28. The van der Waals surface area contributed by atoms with Crippen molar-refractivity contribution < 1.29 is 9.59 Å². The first-order valence-electron chi connectivity index (χ1n) is 5.83. The molecule has 1 aliphatic rings. The molecule has 4 nitrogen and oxygen atoms in total. The summed E-state index contributed by atoms with van der Waals surface area (Å²) in [6.45, 7) is 2.74. The third-order valence-corrected chi connectivity index (χ3v) is 3.04.